The first-order valence-electron chi connectivity index (χ1n) is 7.22. The first kappa shape index (κ1) is 14.8. The predicted octanol–water partition coefficient (Wildman–Crippen LogP) is 2.22. The van der Waals surface area contributed by atoms with Crippen LogP contribution in [0, 0.1) is 5.92 Å². The van der Waals surface area contributed by atoms with E-state index in [1.54, 1.807) is 11.3 Å². The zero-order valence-corrected chi connectivity index (χ0v) is 13.8. The van der Waals surface area contributed by atoms with Crippen LogP contribution >= 0.6 is 23.1 Å². The summed E-state index contributed by atoms with van der Waals surface area (Å²) in [5, 5.41) is 12.7. The molecular weight excluding hydrogens is 304 g/mol. The van der Waals surface area contributed by atoms with Gasteiger partial charge in [0, 0.05) is 22.4 Å². The molecule has 4 nitrogen and oxygen atoms in total. The van der Waals surface area contributed by atoms with Gasteiger partial charge in [-0.2, -0.15) is 0 Å². The molecule has 21 heavy (non-hydrogen) atoms. The highest BCUT2D eigenvalue weighted by Gasteiger charge is 2.23. The molecule has 6 heteroatoms. The molecule has 2 aromatic rings. The molecule has 0 spiro atoms. The average molecular weight is 321 g/mol. The lowest BCUT2D eigenvalue weighted by atomic mass is 9.89. The van der Waals surface area contributed by atoms with Crippen molar-refractivity contribution in [1.82, 2.24) is 9.97 Å². The summed E-state index contributed by atoms with van der Waals surface area (Å²) in [6.07, 6.45) is 4.08. The van der Waals surface area contributed by atoms with Crippen molar-refractivity contribution in [2.45, 2.75) is 44.6 Å². The predicted molar refractivity (Wildman–Crippen MR) is 83.7 cm³/mol. The number of carboxylic acids is 1. The molecule has 0 bridgehead atoms. The molecule has 0 aliphatic heterocycles. The van der Waals surface area contributed by atoms with Gasteiger partial charge in [-0.1, -0.05) is 25.6 Å². The van der Waals surface area contributed by atoms with Gasteiger partial charge in [-0.3, -0.25) is 0 Å². The van der Waals surface area contributed by atoms with Crippen LogP contribution in [-0.2, 0) is 24.1 Å². The summed E-state index contributed by atoms with van der Waals surface area (Å²) >= 11 is 3.01. The highest BCUT2D eigenvalue weighted by molar-refractivity contribution is 8.00. The molecule has 0 saturated carbocycles. The molecule has 0 amide bonds. The van der Waals surface area contributed by atoms with Gasteiger partial charge in [-0.05, 0) is 30.7 Å². The Labute approximate surface area is 132 Å². The highest BCUT2D eigenvalue weighted by atomic mass is 32.2. The minimum Gasteiger partial charge on any atom is -0.549 e. The summed E-state index contributed by atoms with van der Waals surface area (Å²) in [6, 6.07) is 0. The van der Waals surface area contributed by atoms with Crippen molar-refractivity contribution in [2.24, 2.45) is 5.92 Å². The van der Waals surface area contributed by atoms with Crippen LogP contribution < -0.4 is 5.11 Å². The summed E-state index contributed by atoms with van der Waals surface area (Å²) in [7, 11) is 0. The number of hydrogen-bond acceptors (Lipinski definition) is 6. The number of fused-ring (bicyclic) bond motifs is 3. The molecule has 3 rings (SSSR count). The summed E-state index contributed by atoms with van der Waals surface area (Å²) in [5.41, 5.74) is 1.34. The molecule has 0 aromatic carbocycles. The Bertz CT molecular complexity index is 697. The van der Waals surface area contributed by atoms with Crippen molar-refractivity contribution >= 4 is 39.3 Å². The van der Waals surface area contributed by atoms with E-state index >= 15 is 0 Å². The molecule has 0 N–H and O–H groups in total. The molecule has 1 aliphatic carbocycles. The van der Waals surface area contributed by atoms with Gasteiger partial charge in [0.05, 0.1) is 5.97 Å². The van der Waals surface area contributed by atoms with E-state index in [-0.39, 0.29) is 5.75 Å². The number of hydrogen-bond donors (Lipinski definition) is 0. The Kier molecular flexibility index (Phi) is 4.17. The van der Waals surface area contributed by atoms with Crippen LogP contribution in [0.3, 0.4) is 0 Å². The van der Waals surface area contributed by atoms with E-state index in [0.717, 1.165) is 40.3 Å². The standard InChI is InChI=1S/C15H18N2O2S2/c1-3-11-16-14(20-7-12(18)19)13-9-5-4-8(2)6-10(9)21-15(13)17-11/h8H,3-7H2,1-2H3,(H,18,19)/p-1/t8-/m1/s1. The molecule has 2 heterocycles. The maximum atomic E-state index is 10.8. The lowest BCUT2D eigenvalue weighted by molar-refractivity contribution is -0.301. The van der Waals surface area contributed by atoms with E-state index in [0.29, 0.717) is 5.92 Å². The number of aromatic nitrogens is 2. The third-order valence-electron chi connectivity index (χ3n) is 3.81. The van der Waals surface area contributed by atoms with Gasteiger partial charge in [0.1, 0.15) is 15.7 Å². The summed E-state index contributed by atoms with van der Waals surface area (Å²) in [4.78, 5) is 22.4. The third-order valence-corrected chi connectivity index (χ3v) is 5.91. The van der Waals surface area contributed by atoms with Crippen LogP contribution in [0.4, 0.5) is 0 Å². The van der Waals surface area contributed by atoms with Gasteiger partial charge < -0.3 is 9.90 Å². The first-order valence-corrected chi connectivity index (χ1v) is 9.02. The Balaban J connectivity index is 2.12. The summed E-state index contributed by atoms with van der Waals surface area (Å²) in [5.74, 6) is 0.386. The molecular formula is C15H17N2O2S2-. The van der Waals surface area contributed by atoms with Crippen molar-refractivity contribution in [2.75, 3.05) is 5.75 Å². The summed E-state index contributed by atoms with van der Waals surface area (Å²) < 4.78 is 0. The third kappa shape index (κ3) is 2.92. The number of carbonyl (C=O) groups excluding carboxylic acids is 1. The maximum absolute atomic E-state index is 10.8. The quantitative estimate of drug-likeness (QED) is 0.638. The first-order chi connectivity index (χ1) is 10.1. The molecule has 1 aliphatic rings. The lowest BCUT2D eigenvalue weighted by Gasteiger charge is -2.18. The van der Waals surface area contributed by atoms with Crippen molar-refractivity contribution in [1.29, 1.82) is 0 Å². The number of rotatable bonds is 4. The Hall–Kier alpha value is -1.14. The number of carbonyl (C=O) groups is 1. The molecule has 0 unspecified atom stereocenters. The number of thiophene rings is 1. The van der Waals surface area contributed by atoms with Crippen LogP contribution in [-0.4, -0.2) is 21.7 Å². The molecule has 2 aromatic heterocycles. The maximum Gasteiger partial charge on any atom is 0.131 e. The van der Waals surface area contributed by atoms with E-state index in [4.69, 9.17) is 0 Å². The molecule has 0 fully saturated rings. The van der Waals surface area contributed by atoms with Crippen molar-refractivity contribution in [3.8, 4) is 0 Å². The SMILES string of the molecule is CCc1nc(SCC(=O)[O-])c2c3c(sc2n1)C[C@H](C)CC3. The monoisotopic (exact) mass is 321 g/mol. The van der Waals surface area contributed by atoms with Crippen LogP contribution in [0.15, 0.2) is 5.03 Å². The smallest absolute Gasteiger partial charge is 0.131 e. The van der Waals surface area contributed by atoms with Crippen LogP contribution in [0.1, 0.15) is 36.5 Å². The summed E-state index contributed by atoms with van der Waals surface area (Å²) in [6.45, 7) is 4.30. The second-order valence-corrected chi connectivity index (χ2v) is 7.54. The van der Waals surface area contributed by atoms with Gasteiger partial charge >= 0.3 is 0 Å². The van der Waals surface area contributed by atoms with Crippen LogP contribution in [0.25, 0.3) is 10.2 Å². The highest BCUT2D eigenvalue weighted by Crippen LogP contribution is 2.40. The van der Waals surface area contributed by atoms with Gasteiger partial charge in [-0.15, -0.1) is 11.3 Å². The van der Waals surface area contributed by atoms with Crippen molar-refractivity contribution in [3.63, 3.8) is 0 Å². The van der Waals surface area contributed by atoms with Crippen LogP contribution in [0.5, 0.6) is 0 Å². The van der Waals surface area contributed by atoms with Gasteiger partial charge in [0.25, 0.3) is 0 Å². The fourth-order valence-electron chi connectivity index (χ4n) is 2.74. The molecule has 0 saturated heterocycles. The fourth-order valence-corrected chi connectivity index (χ4v) is 5.00. The van der Waals surface area contributed by atoms with Crippen molar-refractivity contribution < 1.29 is 9.90 Å². The second kappa shape index (κ2) is 5.93. The largest absolute Gasteiger partial charge is 0.549 e. The van der Waals surface area contributed by atoms with Gasteiger partial charge in [-0.25, -0.2) is 9.97 Å². The minimum atomic E-state index is -1.05. The van der Waals surface area contributed by atoms with E-state index in [1.165, 1.54) is 28.6 Å². The number of carboxylic acid groups (broad SMARTS) is 1. The number of nitrogens with zero attached hydrogens (tertiary/aromatic N) is 2. The zero-order chi connectivity index (χ0) is 15.0. The van der Waals surface area contributed by atoms with Gasteiger partial charge in [0.15, 0.2) is 0 Å². The van der Waals surface area contributed by atoms with Gasteiger partial charge in [0.2, 0.25) is 0 Å². The topological polar surface area (TPSA) is 65.9 Å². The van der Waals surface area contributed by atoms with E-state index < -0.39 is 5.97 Å². The number of aliphatic carboxylic acids is 1. The average Bonchev–Trinajstić information content (AvgIpc) is 2.81. The molecule has 112 valence electrons. The van der Waals surface area contributed by atoms with E-state index in [9.17, 15) is 9.90 Å². The Morgan fingerprint density at radius 1 is 1.48 bits per heavy atom. The normalized spacial score (nSPS) is 17.9. The fraction of sp³-hybridized carbons (Fsp3) is 0.533. The number of thioether (sulfide) groups is 1. The van der Waals surface area contributed by atoms with E-state index in [2.05, 4.69) is 16.9 Å². The van der Waals surface area contributed by atoms with Crippen molar-refractivity contribution in [3.05, 3.63) is 16.3 Å². The lowest BCUT2D eigenvalue weighted by Crippen LogP contribution is -2.24. The second-order valence-electron chi connectivity index (χ2n) is 5.49. The van der Waals surface area contributed by atoms with E-state index in [1.807, 2.05) is 6.92 Å². The Morgan fingerprint density at radius 2 is 2.29 bits per heavy atom. The number of aryl methyl sites for hydroxylation is 2. The van der Waals surface area contributed by atoms with Crippen LogP contribution in [0.2, 0.25) is 0 Å². The minimum absolute atomic E-state index is 0.0592. The zero-order valence-electron chi connectivity index (χ0n) is 12.1. The Morgan fingerprint density at radius 3 is 3.00 bits per heavy atom. The molecule has 1 atom stereocenters. The molecule has 0 radical (unpaired) electrons.